The summed E-state index contributed by atoms with van der Waals surface area (Å²) >= 11 is 0. The monoisotopic (exact) mass is 378 g/mol. The van der Waals surface area contributed by atoms with Crippen molar-refractivity contribution < 1.29 is 14.3 Å². The Labute approximate surface area is 156 Å². The lowest BCUT2D eigenvalue weighted by Crippen LogP contribution is -2.40. The van der Waals surface area contributed by atoms with E-state index < -0.39 is 13.7 Å². The van der Waals surface area contributed by atoms with E-state index in [1.807, 2.05) is 20.8 Å². The topological polar surface area (TPSA) is 80.4 Å². The molecule has 0 radical (unpaired) electrons. The largest absolute Gasteiger partial charge is 0.444 e. The fourth-order valence-electron chi connectivity index (χ4n) is 2.65. The molecule has 0 N–H and O–H groups in total. The Morgan fingerprint density at radius 3 is 2.62 bits per heavy atom. The smallest absolute Gasteiger partial charge is 0.410 e. The highest BCUT2D eigenvalue weighted by atomic mass is 28.3. The van der Waals surface area contributed by atoms with Crippen molar-refractivity contribution >= 4 is 14.2 Å². The van der Waals surface area contributed by atoms with Gasteiger partial charge in [0.2, 0.25) is 5.82 Å². The molecule has 0 aliphatic carbocycles. The van der Waals surface area contributed by atoms with Gasteiger partial charge in [-0.2, -0.15) is 5.26 Å². The first-order valence-electron chi connectivity index (χ1n) is 9.04. The van der Waals surface area contributed by atoms with Gasteiger partial charge in [-0.15, -0.1) is 0 Å². The van der Waals surface area contributed by atoms with Crippen LogP contribution in [0.5, 0.6) is 0 Å². The molecule has 1 aliphatic heterocycles. The molecule has 0 saturated carbocycles. The van der Waals surface area contributed by atoms with E-state index in [2.05, 4.69) is 30.7 Å². The van der Waals surface area contributed by atoms with Crippen LogP contribution in [0.2, 0.25) is 25.7 Å². The van der Waals surface area contributed by atoms with Crippen molar-refractivity contribution in [3.63, 3.8) is 0 Å². The van der Waals surface area contributed by atoms with Gasteiger partial charge in [-0.05, 0) is 26.8 Å². The maximum atomic E-state index is 12.4. The number of ether oxygens (including phenoxy) is 2. The molecule has 1 amide bonds. The third kappa shape index (κ3) is 5.58. The molecular weight excluding hydrogens is 348 g/mol. The minimum atomic E-state index is -1.16. The van der Waals surface area contributed by atoms with Crippen LogP contribution >= 0.6 is 0 Å². The number of nitrogens with zero attached hydrogens (tertiary/aromatic N) is 4. The Bertz CT molecular complexity index is 695. The molecule has 0 saturated heterocycles. The number of hydrogen-bond donors (Lipinski definition) is 0. The predicted molar refractivity (Wildman–Crippen MR) is 101 cm³/mol. The van der Waals surface area contributed by atoms with Crippen molar-refractivity contribution in [1.29, 1.82) is 5.26 Å². The normalized spacial score (nSPS) is 14.7. The number of amides is 1. The average molecular weight is 379 g/mol. The zero-order valence-corrected chi connectivity index (χ0v) is 17.8. The van der Waals surface area contributed by atoms with E-state index in [0.29, 0.717) is 31.9 Å². The van der Waals surface area contributed by atoms with Crippen LogP contribution in [0.3, 0.4) is 0 Å². The summed E-state index contributed by atoms with van der Waals surface area (Å²) in [5.74, 6) is 0.342. The molecule has 0 fully saturated rings. The molecule has 2 heterocycles. The van der Waals surface area contributed by atoms with Gasteiger partial charge >= 0.3 is 6.09 Å². The van der Waals surface area contributed by atoms with Crippen molar-refractivity contribution in [1.82, 2.24) is 14.5 Å². The second-order valence-corrected chi connectivity index (χ2v) is 14.5. The van der Waals surface area contributed by atoms with E-state index in [9.17, 15) is 10.1 Å². The Morgan fingerprint density at radius 2 is 2.04 bits per heavy atom. The van der Waals surface area contributed by atoms with Crippen molar-refractivity contribution in [3.05, 3.63) is 17.2 Å². The summed E-state index contributed by atoms with van der Waals surface area (Å²) in [6.07, 6.45) is 0.277. The van der Waals surface area contributed by atoms with Gasteiger partial charge in [0.1, 0.15) is 18.4 Å². The molecule has 26 heavy (non-hydrogen) atoms. The molecule has 0 atom stereocenters. The average Bonchev–Trinajstić information content (AvgIpc) is 2.86. The summed E-state index contributed by atoms with van der Waals surface area (Å²) in [4.78, 5) is 18.4. The summed E-state index contributed by atoms with van der Waals surface area (Å²) in [6.45, 7) is 14.3. The van der Waals surface area contributed by atoms with Crippen molar-refractivity contribution in [3.8, 4) is 6.07 Å². The van der Waals surface area contributed by atoms with E-state index in [1.165, 1.54) is 0 Å². The number of nitriles is 1. The molecule has 0 unspecified atom stereocenters. The second kappa shape index (κ2) is 7.80. The van der Waals surface area contributed by atoms with Crippen molar-refractivity contribution in [2.24, 2.45) is 0 Å². The van der Waals surface area contributed by atoms with Crippen molar-refractivity contribution in [2.45, 2.75) is 71.8 Å². The van der Waals surface area contributed by atoms with Gasteiger partial charge in [0, 0.05) is 27.6 Å². The fraction of sp³-hybridized carbons (Fsp3) is 0.722. The molecule has 144 valence electrons. The van der Waals surface area contributed by atoms with Crippen molar-refractivity contribution in [2.75, 3.05) is 13.2 Å². The molecule has 1 aromatic rings. The molecule has 7 nitrogen and oxygen atoms in total. The number of rotatable bonds is 5. The van der Waals surface area contributed by atoms with E-state index in [4.69, 9.17) is 9.47 Å². The highest BCUT2D eigenvalue weighted by Crippen LogP contribution is 2.22. The molecule has 1 aliphatic rings. The van der Waals surface area contributed by atoms with Gasteiger partial charge < -0.3 is 14.4 Å². The SMILES string of the molecule is CC(C)(C)OC(=O)N1CCc2nc(C#N)n(COCC[Si](C)(C)C)c2C1. The minimum Gasteiger partial charge on any atom is -0.444 e. The van der Waals surface area contributed by atoms with Crippen LogP contribution in [0.15, 0.2) is 0 Å². The van der Waals surface area contributed by atoms with Gasteiger partial charge in [0.05, 0.1) is 17.9 Å². The molecule has 0 aromatic carbocycles. The summed E-state index contributed by atoms with van der Waals surface area (Å²) in [7, 11) is -1.16. The second-order valence-electron chi connectivity index (χ2n) is 8.87. The quantitative estimate of drug-likeness (QED) is 0.580. The van der Waals surface area contributed by atoms with Crippen LogP contribution in [0.25, 0.3) is 0 Å². The number of hydrogen-bond acceptors (Lipinski definition) is 5. The molecular formula is C18H30N4O3Si. The molecule has 1 aromatic heterocycles. The molecule has 0 bridgehead atoms. The lowest BCUT2D eigenvalue weighted by atomic mass is 10.1. The first-order chi connectivity index (χ1) is 12.0. The van der Waals surface area contributed by atoms with Crippen LogP contribution in [-0.2, 0) is 29.2 Å². The van der Waals surface area contributed by atoms with Gasteiger partial charge in [0.15, 0.2) is 0 Å². The lowest BCUT2D eigenvalue weighted by Gasteiger charge is -2.30. The first kappa shape index (κ1) is 20.5. The lowest BCUT2D eigenvalue weighted by molar-refractivity contribution is 0.0208. The van der Waals surface area contributed by atoms with Gasteiger partial charge in [-0.25, -0.2) is 9.78 Å². The third-order valence-electron chi connectivity index (χ3n) is 4.08. The van der Waals surface area contributed by atoms with Crippen LogP contribution in [-0.4, -0.2) is 47.4 Å². The highest BCUT2D eigenvalue weighted by molar-refractivity contribution is 6.76. The van der Waals surface area contributed by atoms with Crippen LogP contribution in [0.4, 0.5) is 4.79 Å². The van der Waals surface area contributed by atoms with Crippen LogP contribution < -0.4 is 0 Å². The summed E-state index contributed by atoms with van der Waals surface area (Å²) in [5, 5.41) is 9.39. The number of aromatic nitrogens is 2. The van der Waals surface area contributed by atoms with Gasteiger partial charge in [-0.3, -0.25) is 4.57 Å². The Hall–Kier alpha value is -1.85. The van der Waals surface area contributed by atoms with E-state index >= 15 is 0 Å². The van der Waals surface area contributed by atoms with E-state index in [1.54, 1.807) is 9.47 Å². The minimum absolute atomic E-state index is 0.290. The zero-order chi connectivity index (χ0) is 19.5. The highest BCUT2D eigenvalue weighted by Gasteiger charge is 2.29. The standard InChI is InChI=1S/C18H30N4O3Si/c1-18(2,3)25-17(23)21-8-7-14-15(12-21)22(16(11-19)20-14)13-24-9-10-26(4,5)6/h7-10,12-13H2,1-6H3. The van der Waals surface area contributed by atoms with Crippen LogP contribution in [0.1, 0.15) is 38.0 Å². The Morgan fingerprint density at radius 1 is 1.35 bits per heavy atom. The number of carbonyl (C=O) groups excluding carboxylic acids is 1. The van der Waals surface area contributed by atoms with Gasteiger partial charge in [-0.1, -0.05) is 19.6 Å². The predicted octanol–water partition coefficient (Wildman–Crippen LogP) is 3.36. The maximum Gasteiger partial charge on any atom is 0.410 e. The molecule has 8 heteroatoms. The fourth-order valence-corrected chi connectivity index (χ4v) is 3.41. The summed E-state index contributed by atoms with van der Waals surface area (Å²) < 4.78 is 13.1. The number of fused-ring (bicyclic) bond motifs is 1. The summed E-state index contributed by atoms with van der Waals surface area (Å²) in [5.41, 5.74) is 1.21. The van der Waals surface area contributed by atoms with E-state index in [-0.39, 0.29) is 12.8 Å². The summed E-state index contributed by atoms with van der Waals surface area (Å²) in [6, 6.07) is 3.20. The zero-order valence-electron chi connectivity index (χ0n) is 16.8. The van der Waals surface area contributed by atoms with Crippen LogP contribution in [0, 0.1) is 11.3 Å². The van der Waals surface area contributed by atoms with E-state index in [0.717, 1.165) is 17.4 Å². The molecule has 0 spiro atoms. The maximum absolute atomic E-state index is 12.4. The Kier molecular flexibility index (Phi) is 6.14. The third-order valence-corrected chi connectivity index (χ3v) is 5.79. The number of imidazole rings is 1. The first-order valence-corrected chi connectivity index (χ1v) is 12.7. The number of carbonyl (C=O) groups is 1. The Balaban J connectivity index is 2.09. The van der Waals surface area contributed by atoms with Gasteiger partial charge in [0.25, 0.3) is 0 Å². The molecule has 2 rings (SSSR count).